The monoisotopic (exact) mass is 309 g/mol. The lowest BCUT2D eigenvalue weighted by Gasteiger charge is -2.07. The number of hydrogen-bond acceptors (Lipinski definition) is 6. The Morgan fingerprint density at radius 1 is 1.35 bits per heavy atom. The second-order valence-corrected chi connectivity index (χ2v) is 6.31. The predicted octanol–water partition coefficient (Wildman–Crippen LogP) is 3.43. The van der Waals surface area contributed by atoms with Gasteiger partial charge in [0.15, 0.2) is 0 Å². The minimum atomic E-state index is -0.0289. The van der Waals surface area contributed by atoms with Gasteiger partial charge in [-0.1, -0.05) is 18.7 Å². The number of methoxy groups -OCH3 is 2. The van der Waals surface area contributed by atoms with Crippen molar-refractivity contribution in [2.45, 2.75) is 6.92 Å². The van der Waals surface area contributed by atoms with E-state index in [4.69, 9.17) is 9.47 Å². The largest absolute Gasteiger partial charge is 0.497 e. The van der Waals surface area contributed by atoms with Crippen molar-refractivity contribution in [3.8, 4) is 11.5 Å². The number of benzene rings is 1. The van der Waals surface area contributed by atoms with Gasteiger partial charge in [-0.25, -0.2) is 4.99 Å². The van der Waals surface area contributed by atoms with Gasteiger partial charge in [0.1, 0.15) is 21.6 Å². The van der Waals surface area contributed by atoms with Crippen molar-refractivity contribution in [3.05, 3.63) is 29.5 Å². The molecule has 0 aromatic heterocycles. The molecule has 0 saturated carbocycles. The summed E-state index contributed by atoms with van der Waals surface area (Å²) in [7, 11) is 3.19. The van der Waals surface area contributed by atoms with Crippen LogP contribution in [0.4, 0.5) is 0 Å². The smallest absolute Gasteiger partial charge is 0.244 e. The number of nitrogens with zero attached hydrogens (tertiary/aromatic N) is 1. The highest BCUT2D eigenvalue weighted by molar-refractivity contribution is 8.45. The van der Waals surface area contributed by atoms with Gasteiger partial charge >= 0.3 is 0 Å². The molecule has 1 aromatic carbocycles. The molecule has 0 saturated heterocycles. The zero-order chi connectivity index (χ0) is 14.5. The Morgan fingerprint density at radius 3 is 2.80 bits per heavy atom. The van der Waals surface area contributed by atoms with E-state index in [2.05, 4.69) is 4.99 Å². The van der Waals surface area contributed by atoms with Crippen LogP contribution in [0.1, 0.15) is 12.5 Å². The van der Waals surface area contributed by atoms with Crippen LogP contribution >= 0.6 is 23.5 Å². The van der Waals surface area contributed by atoms with Gasteiger partial charge in [-0.15, -0.1) is 0 Å². The molecule has 0 radical (unpaired) electrons. The van der Waals surface area contributed by atoms with Crippen molar-refractivity contribution in [1.29, 1.82) is 0 Å². The van der Waals surface area contributed by atoms with E-state index in [1.165, 1.54) is 11.8 Å². The fourth-order valence-electron chi connectivity index (χ4n) is 1.66. The average molecular weight is 309 g/mol. The van der Waals surface area contributed by atoms with Crippen molar-refractivity contribution >= 4 is 39.1 Å². The van der Waals surface area contributed by atoms with Crippen LogP contribution < -0.4 is 9.47 Å². The lowest BCUT2D eigenvalue weighted by Crippen LogP contribution is -1.92. The molecule has 0 aliphatic carbocycles. The number of ether oxygens (including phenoxy) is 2. The molecule has 0 atom stereocenters. The van der Waals surface area contributed by atoms with Gasteiger partial charge in [0.05, 0.1) is 14.2 Å². The maximum Gasteiger partial charge on any atom is 0.244 e. The van der Waals surface area contributed by atoms with Crippen molar-refractivity contribution in [2.24, 2.45) is 4.99 Å². The van der Waals surface area contributed by atoms with E-state index in [1.54, 1.807) is 38.1 Å². The van der Waals surface area contributed by atoms with E-state index < -0.39 is 0 Å². The second kappa shape index (κ2) is 6.85. The zero-order valence-corrected chi connectivity index (χ0v) is 13.1. The number of carbonyl (C=O) groups excluding carboxylic acids is 1. The highest BCUT2D eigenvalue weighted by Crippen LogP contribution is 2.33. The van der Waals surface area contributed by atoms with Gasteiger partial charge in [-0.3, -0.25) is 4.79 Å². The van der Waals surface area contributed by atoms with Crippen molar-refractivity contribution in [2.75, 3.05) is 20.0 Å². The maximum atomic E-state index is 11.9. The molecule has 6 heteroatoms. The third-order valence-electron chi connectivity index (χ3n) is 2.60. The summed E-state index contributed by atoms with van der Waals surface area (Å²) in [6, 6.07) is 5.46. The minimum absolute atomic E-state index is 0.0289. The van der Waals surface area contributed by atoms with E-state index in [1.807, 2.05) is 19.1 Å². The van der Waals surface area contributed by atoms with Crippen LogP contribution in [0.25, 0.3) is 6.08 Å². The summed E-state index contributed by atoms with van der Waals surface area (Å²) >= 11 is 2.75. The molecule has 20 heavy (non-hydrogen) atoms. The molecule has 0 amide bonds. The van der Waals surface area contributed by atoms with Crippen molar-refractivity contribution < 1.29 is 14.3 Å². The first-order chi connectivity index (χ1) is 9.67. The van der Waals surface area contributed by atoms with Crippen LogP contribution in [-0.2, 0) is 4.79 Å². The first kappa shape index (κ1) is 15.0. The SMILES string of the molecule is CCSC1=N/C(=C\c2ccc(OC)cc2OC)C(=O)S1. The molecule has 0 bridgehead atoms. The lowest BCUT2D eigenvalue weighted by molar-refractivity contribution is -0.107. The van der Waals surface area contributed by atoms with Gasteiger partial charge < -0.3 is 9.47 Å². The van der Waals surface area contributed by atoms with Gasteiger partial charge in [0.25, 0.3) is 0 Å². The Bertz CT molecular complexity index is 582. The van der Waals surface area contributed by atoms with Gasteiger partial charge in [-0.05, 0) is 35.7 Å². The Labute approximate surface area is 126 Å². The van der Waals surface area contributed by atoms with Crippen LogP contribution in [0.2, 0.25) is 0 Å². The summed E-state index contributed by atoms with van der Waals surface area (Å²) in [5, 5.41) is -0.0289. The van der Waals surface area contributed by atoms with Crippen LogP contribution in [-0.4, -0.2) is 29.5 Å². The Kier molecular flexibility index (Phi) is 5.14. The molecule has 4 nitrogen and oxygen atoms in total. The van der Waals surface area contributed by atoms with Gasteiger partial charge in [-0.2, -0.15) is 0 Å². The molecule has 1 aliphatic heterocycles. The number of hydrogen-bond donors (Lipinski definition) is 0. The summed E-state index contributed by atoms with van der Waals surface area (Å²) in [6.45, 7) is 2.03. The van der Waals surface area contributed by atoms with E-state index in [9.17, 15) is 4.79 Å². The summed E-state index contributed by atoms with van der Waals surface area (Å²) < 4.78 is 11.3. The summed E-state index contributed by atoms with van der Waals surface area (Å²) in [4.78, 5) is 16.2. The highest BCUT2D eigenvalue weighted by Gasteiger charge is 2.22. The third-order valence-corrected chi connectivity index (χ3v) is 4.49. The topological polar surface area (TPSA) is 47.9 Å². The molecular weight excluding hydrogens is 294 g/mol. The number of thioether (sulfide) groups is 2. The van der Waals surface area contributed by atoms with E-state index in [-0.39, 0.29) is 5.12 Å². The molecule has 1 heterocycles. The zero-order valence-electron chi connectivity index (χ0n) is 11.5. The molecule has 0 unspecified atom stereocenters. The molecule has 0 N–H and O–H groups in total. The number of aliphatic imine (C=N–C) groups is 1. The molecule has 1 aromatic rings. The molecule has 1 aliphatic rings. The van der Waals surface area contributed by atoms with E-state index >= 15 is 0 Å². The quantitative estimate of drug-likeness (QED) is 0.798. The average Bonchev–Trinajstić information content (AvgIpc) is 2.79. The normalized spacial score (nSPS) is 16.4. The predicted molar refractivity (Wildman–Crippen MR) is 85.7 cm³/mol. The first-order valence-electron chi connectivity index (χ1n) is 6.05. The van der Waals surface area contributed by atoms with Crippen LogP contribution in [0.15, 0.2) is 28.9 Å². The fraction of sp³-hybridized carbons (Fsp3) is 0.286. The van der Waals surface area contributed by atoms with Gasteiger partial charge in [0.2, 0.25) is 5.12 Å². The van der Waals surface area contributed by atoms with Crippen molar-refractivity contribution in [3.63, 3.8) is 0 Å². The molecular formula is C14H15NO3S2. The number of carbonyl (C=O) groups is 1. The third kappa shape index (κ3) is 3.37. The van der Waals surface area contributed by atoms with Crippen LogP contribution in [0, 0.1) is 0 Å². The standard InChI is InChI=1S/C14H15NO3S2/c1-4-19-14-15-11(13(16)20-14)7-9-5-6-10(17-2)8-12(9)18-3/h5-8H,4H2,1-3H3/b11-7-. The first-order valence-corrected chi connectivity index (χ1v) is 7.85. The Balaban J connectivity index is 2.33. The highest BCUT2D eigenvalue weighted by atomic mass is 32.2. The summed E-state index contributed by atoms with van der Waals surface area (Å²) in [6.07, 6.45) is 1.75. The molecule has 0 fully saturated rings. The van der Waals surface area contributed by atoms with Crippen molar-refractivity contribution in [1.82, 2.24) is 0 Å². The van der Waals surface area contributed by atoms with E-state index in [0.29, 0.717) is 17.2 Å². The molecule has 106 valence electrons. The van der Waals surface area contributed by atoms with Crippen LogP contribution in [0.3, 0.4) is 0 Å². The Morgan fingerprint density at radius 2 is 2.15 bits per heavy atom. The van der Waals surface area contributed by atoms with Gasteiger partial charge in [0, 0.05) is 11.6 Å². The maximum absolute atomic E-state index is 11.9. The minimum Gasteiger partial charge on any atom is -0.497 e. The second-order valence-electron chi connectivity index (χ2n) is 3.84. The summed E-state index contributed by atoms with van der Waals surface area (Å²) in [5.74, 6) is 2.27. The summed E-state index contributed by atoms with van der Waals surface area (Å²) in [5.41, 5.74) is 1.26. The Hall–Kier alpha value is -1.40. The number of rotatable bonds is 4. The lowest BCUT2D eigenvalue weighted by atomic mass is 10.1. The van der Waals surface area contributed by atoms with Crippen LogP contribution in [0.5, 0.6) is 11.5 Å². The fourth-order valence-corrected chi connectivity index (χ4v) is 3.40. The molecule has 2 rings (SSSR count). The van der Waals surface area contributed by atoms with E-state index in [0.717, 1.165) is 15.7 Å². The molecule has 0 spiro atoms.